The van der Waals surface area contributed by atoms with E-state index in [0.717, 1.165) is 12.0 Å². The zero-order chi connectivity index (χ0) is 40.1. The van der Waals surface area contributed by atoms with E-state index in [9.17, 15) is 19.2 Å². The van der Waals surface area contributed by atoms with Crippen LogP contribution in [0.1, 0.15) is 80.2 Å². The van der Waals surface area contributed by atoms with Gasteiger partial charge in [0.2, 0.25) is 0 Å². The number of ether oxygens (including phenoxy) is 6. The Morgan fingerprint density at radius 3 is 2.33 bits per heavy atom. The highest BCUT2D eigenvalue weighted by molar-refractivity contribution is 6.00. The van der Waals surface area contributed by atoms with E-state index in [4.69, 9.17) is 34.2 Å². The number of alkyl carbamates (subject to hydrolysis) is 1. The first-order chi connectivity index (χ1) is 25.4. The van der Waals surface area contributed by atoms with Crippen LogP contribution < -0.4 is 11.1 Å². The Kier molecular flexibility index (Phi) is 14.6. The number of rotatable bonds is 8. The van der Waals surface area contributed by atoms with Crippen LogP contribution in [0.4, 0.5) is 9.59 Å². The summed E-state index contributed by atoms with van der Waals surface area (Å²) in [7, 11) is 5.58. The second-order valence-corrected chi connectivity index (χ2v) is 16.2. The average molecular weight is 761 g/mol. The van der Waals surface area contributed by atoms with Crippen LogP contribution in [0.25, 0.3) is 0 Å². The van der Waals surface area contributed by atoms with Gasteiger partial charge < -0.3 is 49.3 Å². The second-order valence-electron chi connectivity index (χ2n) is 16.2. The lowest BCUT2D eigenvalue weighted by atomic mass is 9.78. The summed E-state index contributed by atoms with van der Waals surface area (Å²) in [6.07, 6.45) is -2.80. The van der Waals surface area contributed by atoms with Crippen LogP contribution in [0.2, 0.25) is 0 Å². The number of cyclic esters (lactones) is 1. The molecule has 3 heterocycles. The predicted octanol–water partition coefficient (Wildman–Crippen LogP) is 4.51. The minimum absolute atomic E-state index is 0.0395. The van der Waals surface area contributed by atoms with Crippen molar-refractivity contribution in [3.8, 4) is 0 Å². The van der Waals surface area contributed by atoms with Crippen molar-refractivity contribution in [3.63, 3.8) is 0 Å². The molecule has 4 unspecified atom stereocenters. The highest BCUT2D eigenvalue weighted by Gasteiger charge is 2.57. The number of esters is 1. The van der Waals surface area contributed by atoms with Gasteiger partial charge in [0.1, 0.15) is 18.6 Å². The molecule has 0 spiro atoms. The molecule has 3 N–H and O–H groups in total. The van der Waals surface area contributed by atoms with Gasteiger partial charge in [-0.05, 0) is 72.5 Å². The maximum absolute atomic E-state index is 14.4. The molecule has 304 valence electrons. The molecule has 3 fully saturated rings. The molecule has 14 nitrogen and oxygen atoms in total. The maximum Gasteiger partial charge on any atom is 0.410 e. The molecule has 0 radical (unpaired) electrons. The van der Waals surface area contributed by atoms with Crippen molar-refractivity contribution in [1.82, 2.24) is 15.1 Å². The monoisotopic (exact) mass is 760 g/mol. The van der Waals surface area contributed by atoms with Gasteiger partial charge >= 0.3 is 18.2 Å². The summed E-state index contributed by atoms with van der Waals surface area (Å²) in [6, 6.07) is 7.97. The van der Waals surface area contributed by atoms with E-state index < -0.39 is 77.6 Å². The highest BCUT2D eigenvalue weighted by atomic mass is 16.7. The number of fused-ring (bicyclic) bond motifs is 1. The minimum atomic E-state index is -1.39. The lowest BCUT2D eigenvalue weighted by molar-refractivity contribution is -0.282. The van der Waals surface area contributed by atoms with E-state index >= 15 is 0 Å². The SMILES string of the molecule is CC[C@H]1OC(=O)C(C)C(=O)[C@H](C)[C@@H](O[C@@H]2OC(CN)CC(N(C)C)C2C)[C@](C)(OC)C[C@@H](C)CN(C(=O)OCc2ccccc2)[C@H](C)[C@H]2NC(=O)O[C@@]21C. The number of carbonyl (C=O) groups excluding carboxylic acids is 4. The van der Waals surface area contributed by atoms with Crippen LogP contribution in [0.5, 0.6) is 0 Å². The van der Waals surface area contributed by atoms with Crippen molar-refractivity contribution < 1.29 is 47.6 Å². The van der Waals surface area contributed by atoms with Gasteiger partial charge in [0.25, 0.3) is 0 Å². The van der Waals surface area contributed by atoms with Crippen molar-refractivity contribution in [3.05, 3.63) is 35.9 Å². The summed E-state index contributed by atoms with van der Waals surface area (Å²) in [5.74, 6) is -3.54. The molecule has 54 heavy (non-hydrogen) atoms. The van der Waals surface area contributed by atoms with Crippen LogP contribution in [-0.4, -0.2) is 122 Å². The number of nitrogens with one attached hydrogen (secondary N) is 1. The molecule has 0 saturated carbocycles. The largest absolute Gasteiger partial charge is 0.458 e. The molecule has 4 rings (SSSR count). The van der Waals surface area contributed by atoms with E-state index in [1.54, 1.807) is 25.9 Å². The normalized spacial score (nSPS) is 38.4. The summed E-state index contributed by atoms with van der Waals surface area (Å²) >= 11 is 0. The first-order valence-corrected chi connectivity index (χ1v) is 19.3. The summed E-state index contributed by atoms with van der Waals surface area (Å²) in [5.41, 5.74) is 4.43. The fourth-order valence-corrected chi connectivity index (χ4v) is 8.69. The Balaban J connectivity index is 1.79. The van der Waals surface area contributed by atoms with Crippen LogP contribution >= 0.6 is 0 Å². The topological polar surface area (TPSA) is 168 Å². The zero-order valence-electron chi connectivity index (χ0n) is 34.0. The number of Topliss-reactive ketones (excluding diaryl/α,β-unsaturated/α-hetero) is 1. The van der Waals surface area contributed by atoms with E-state index in [2.05, 4.69) is 17.1 Å². The molecule has 13 atom stereocenters. The van der Waals surface area contributed by atoms with Gasteiger partial charge in [0.15, 0.2) is 17.7 Å². The first kappa shape index (κ1) is 43.4. The fourth-order valence-electron chi connectivity index (χ4n) is 8.69. The van der Waals surface area contributed by atoms with Crippen LogP contribution in [0.15, 0.2) is 30.3 Å². The maximum atomic E-state index is 14.4. The molecular weight excluding hydrogens is 696 g/mol. The van der Waals surface area contributed by atoms with Gasteiger partial charge in [-0.1, -0.05) is 58.0 Å². The van der Waals surface area contributed by atoms with Crippen molar-refractivity contribution in [2.24, 2.45) is 29.4 Å². The van der Waals surface area contributed by atoms with Crippen molar-refractivity contribution in [1.29, 1.82) is 0 Å². The Labute approximate surface area is 321 Å². The van der Waals surface area contributed by atoms with Crippen LogP contribution in [0, 0.1) is 23.7 Å². The average Bonchev–Trinajstić information content (AvgIpc) is 3.46. The standard InChI is InChI=1S/C40H64N4O10/c1-12-31-40(8)33(42-37(47)54-40)27(6)44(38(48)50-22-28-16-14-13-15-17-28)21-23(2)19-39(7,49-11)34(25(4)32(45)26(5)35(46)52-31)53-36-24(3)30(43(9)10)18-29(20-41)51-36/h13-17,23-27,29-31,33-34,36H,12,18-22,41H2,1-11H3,(H,42,47)/t23-,24?,25+,26?,27-,29?,30?,31-,33-,34-,36+,39-,40-/m1/s1. The fraction of sp³-hybridized carbons (Fsp3) is 0.750. The quantitative estimate of drug-likeness (QED) is 0.217. The Morgan fingerprint density at radius 1 is 1.07 bits per heavy atom. The number of nitrogens with zero attached hydrogens (tertiary/aromatic N) is 2. The smallest absolute Gasteiger partial charge is 0.410 e. The molecule has 3 aliphatic heterocycles. The van der Waals surface area contributed by atoms with Crippen molar-refractivity contribution in [2.75, 3.05) is 34.3 Å². The van der Waals surface area contributed by atoms with Gasteiger partial charge in [-0.3, -0.25) is 9.59 Å². The van der Waals surface area contributed by atoms with Gasteiger partial charge in [-0.25, -0.2) is 9.59 Å². The number of carbonyl (C=O) groups is 4. The number of hydrogen-bond donors (Lipinski definition) is 2. The minimum Gasteiger partial charge on any atom is -0.458 e. The van der Waals surface area contributed by atoms with Crippen molar-refractivity contribution >= 4 is 23.9 Å². The number of ketones is 1. The summed E-state index contributed by atoms with van der Waals surface area (Å²) in [6.45, 7) is 15.0. The molecule has 3 saturated heterocycles. The second kappa shape index (κ2) is 18.1. The Bertz CT molecular complexity index is 1450. The zero-order valence-corrected chi connectivity index (χ0v) is 34.0. The molecule has 0 aliphatic carbocycles. The number of nitrogens with two attached hydrogens (primary N) is 1. The number of amides is 2. The van der Waals surface area contributed by atoms with Crippen molar-refractivity contribution in [2.45, 2.75) is 135 Å². The number of hydrogen-bond acceptors (Lipinski definition) is 12. The molecule has 1 aromatic rings. The number of benzene rings is 1. The molecule has 2 amide bonds. The third-order valence-corrected chi connectivity index (χ3v) is 12.0. The van der Waals surface area contributed by atoms with Crippen LogP contribution in [0.3, 0.4) is 0 Å². The Morgan fingerprint density at radius 2 is 1.74 bits per heavy atom. The highest BCUT2D eigenvalue weighted by Crippen LogP contribution is 2.39. The third-order valence-electron chi connectivity index (χ3n) is 12.0. The molecule has 0 aromatic heterocycles. The lowest BCUT2D eigenvalue weighted by Crippen LogP contribution is -2.61. The predicted molar refractivity (Wildman–Crippen MR) is 201 cm³/mol. The van der Waals surface area contributed by atoms with E-state index in [-0.39, 0.29) is 43.6 Å². The van der Waals surface area contributed by atoms with Gasteiger partial charge in [0, 0.05) is 38.1 Å². The lowest BCUT2D eigenvalue weighted by Gasteiger charge is -2.48. The molecule has 3 aliphatic rings. The number of methoxy groups -OCH3 is 1. The van der Waals surface area contributed by atoms with Gasteiger partial charge in [-0.2, -0.15) is 0 Å². The summed E-state index contributed by atoms with van der Waals surface area (Å²) in [5, 5.41) is 2.88. The first-order valence-electron chi connectivity index (χ1n) is 19.3. The summed E-state index contributed by atoms with van der Waals surface area (Å²) in [4.78, 5) is 59.0. The molecule has 0 bridgehead atoms. The Hall–Kier alpha value is -3.30. The van der Waals surface area contributed by atoms with E-state index in [1.807, 2.05) is 72.1 Å². The van der Waals surface area contributed by atoms with Crippen LogP contribution in [-0.2, 0) is 44.6 Å². The third kappa shape index (κ3) is 9.38. The van der Waals surface area contributed by atoms with E-state index in [0.29, 0.717) is 13.0 Å². The summed E-state index contributed by atoms with van der Waals surface area (Å²) < 4.78 is 37.4. The molecular formula is C40H64N4O10. The molecule has 14 heteroatoms. The van der Waals surface area contributed by atoms with Gasteiger partial charge in [0.05, 0.1) is 29.9 Å². The van der Waals surface area contributed by atoms with E-state index in [1.165, 1.54) is 6.92 Å². The van der Waals surface area contributed by atoms with Gasteiger partial charge in [-0.15, -0.1) is 0 Å². The molecule has 1 aromatic carbocycles.